The summed E-state index contributed by atoms with van der Waals surface area (Å²) in [5.41, 5.74) is 1.00. The molecule has 0 N–H and O–H groups in total. The molecule has 0 saturated carbocycles. The lowest BCUT2D eigenvalue weighted by molar-refractivity contribution is 0.912. The largest absolute Gasteiger partial charge is 0.229 e. The molecular formula is C11H12ClNS3. The van der Waals surface area contributed by atoms with Gasteiger partial charge in [-0.3, -0.25) is 0 Å². The number of nitrogens with zero attached hydrogens (tertiary/aromatic N) is 1. The number of benzene rings is 1. The molecule has 1 nitrogen and oxygen atoms in total. The quantitative estimate of drug-likeness (QED) is 0.691. The summed E-state index contributed by atoms with van der Waals surface area (Å²) >= 11 is 7.66. The molecule has 1 aromatic heterocycles. The van der Waals surface area contributed by atoms with Crippen LogP contribution in [-0.4, -0.2) is 10.2 Å². The van der Waals surface area contributed by atoms with Crippen LogP contribution in [0.2, 0.25) is 5.02 Å². The predicted molar refractivity (Wildman–Crippen MR) is 77.8 cm³/mol. The van der Waals surface area contributed by atoms with Gasteiger partial charge in [0.15, 0.2) is 4.34 Å². The van der Waals surface area contributed by atoms with Crippen LogP contribution >= 0.6 is 44.5 Å². The highest BCUT2D eigenvalue weighted by atomic mass is 35.5. The lowest BCUT2D eigenvalue weighted by atomic mass is 10.3. The van der Waals surface area contributed by atoms with E-state index >= 15 is 0 Å². The van der Waals surface area contributed by atoms with E-state index in [1.807, 2.05) is 29.0 Å². The van der Waals surface area contributed by atoms with Gasteiger partial charge in [0.1, 0.15) is 0 Å². The Labute approximate surface area is 112 Å². The van der Waals surface area contributed by atoms with Crippen LogP contribution in [0.3, 0.4) is 0 Å². The van der Waals surface area contributed by atoms with Crippen LogP contribution < -0.4 is 0 Å². The van der Waals surface area contributed by atoms with Gasteiger partial charge in [0.25, 0.3) is 0 Å². The summed E-state index contributed by atoms with van der Waals surface area (Å²) in [6, 6.07) is 5.87. The fraction of sp³-hybridized carbons (Fsp3) is 0.364. The summed E-state index contributed by atoms with van der Waals surface area (Å²) in [4.78, 5) is 4.56. The van der Waals surface area contributed by atoms with E-state index in [4.69, 9.17) is 11.6 Å². The molecule has 0 saturated heterocycles. The van der Waals surface area contributed by atoms with Crippen LogP contribution in [0.4, 0.5) is 0 Å². The lowest BCUT2D eigenvalue weighted by Crippen LogP contribution is -1.87. The summed E-state index contributed by atoms with van der Waals surface area (Å²) in [5, 5.41) is 1.42. The van der Waals surface area contributed by atoms with Gasteiger partial charge in [-0.2, -0.15) is 0 Å². The van der Waals surface area contributed by atoms with Gasteiger partial charge in [0.05, 0.1) is 10.2 Å². The van der Waals surface area contributed by atoms with E-state index < -0.39 is 0 Å². The highest BCUT2D eigenvalue weighted by Crippen LogP contribution is 2.39. The monoisotopic (exact) mass is 289 g/mol. The molecule has 0 radical (unpaired) electrons. The van der Waals surface area contributed by atoms with Gasteiger partial charge in [0, 0.05) is 10.3 Å². The van der Waals surface area contributed by atoms with Crippen LogP contribution in [0.5, 0.6) is 0 Å². The summed E-state index contributed by atoms with van der Waals surface area (Å²) < 4.78 is 2.32. The second-order valence-corrected chi connectivity index (χ2v) is 7.84. The van der Waals surface area contributed by atoms with Gasteiger partial charge in [-0.05, 0) is 35.4 Å². The molecule has 0 amide bonds. The Balaban J connectivity index is 2.13. The van der Waals surface area contributed by atoms with E-state index in [-0.39, 0.29) is 0 Å². The zero-order chi connectivity index (χ0) is 11.5. The van der Waals surface area contributed by atoms with Crippen molar-refractivity contribution in [2.45, 2.75) is 29.9 Å². The molecule has 5 heteroatoms. The van der Waals surface area contributed by atoms with Crippen LogP contribution in [0.1, 0.15) is 20.3 Å². The normalized spacial score (nSPS) is 13.2. The summed E-state index contributed by atoms with van der Waals surface area (Å²) in [5.74, 6) is 0. The highest BCUT2D eigenvalue weighted by molar-refractivity contribution is 8.77. The number of hydrogen-bond acceptors (Lipinski definition) is 4. The number of halogens is 1. The first kappa shape index (κ1) is 12.6. The molecule has 0 aliphatic rings. The molecule has 0 aliphatic carbocycles. The second-order valence-electron chi connectivity index (χ2n) is 3.49. The van der Waals surface area contributed by atoms with Crippen molar-refractivity contribution < 1.29 is 0 Å². The molecular weight excluding hydrogens is 278 g/mol. The number of aromatic nitrogens is 1. The maximum absolute atomic E-state index is 5.93. The van der Waals surface area contributed by atoms with E-state index in [0.29, 0.717) is 5.25 Å². The maximum atomic E-state index is 5.93. The van der Waals surface area contributed by atoms with Crippen molar-refractivity contribution in [1.82, 2.24) is 4.98 Å². The first-order valence-electron chi connectivity index (χ1n) is 5.08. The molecule has 2 aromatic rings. The summed E-state index contributed by atoms with van der Waals surface area (Å²) in [6.45, 7) is 4.44. The Morgan fingerprint density at radius 3 is 3.06 bits per heavy atom. The van der Waals surface area contributed by atoms with E-state index in [1.54, 1.807) is 22.1 Å². The Kier molecular flexibility index (Phi) is 4.41. The van der Waals surface area contributed by atoms with Gasteiger partial charge in [-0.1, -0.05) is 36.2 Å². The summed E-state index contributed by atoms with van der Waals surface area (Å²) in [7, 11) is 3.65. The van der Waals surface area contributed by atoms with Gasteiger partial charge < -0.3 is 0 Å². The fourth-order valence-electron chi connectivity index (χ4n) is 1.11. The topological polar surface area (TPSA) is 12.9 Å². The first-order valence-corrected chi connectivity index (χ1v) is 8.49. The first-order chi connectivity index (χ1) is 7.69. The molecule has 0 spiro atoms. The third-order valence-corrected chi connectivity index (χ3v) is 6.81. The molecule has 16 heavy (non-hydrogen) atoms. The summed E-state index contributed by atoms with van der Waals surface area (Å²) in [6.07, 6.45) is 1.19. The Bertz CT molecular complexity index is 483. The molecule has 2 rings (SSSR count). The van der Waals surface area contributed by atoms with Crippen molar-refractivity contribution in [1.29, 1.82) is 0 Å². The van der Waals surface area contributed by atoms with E-state index in [2.05, 4.69) is 18.8 Å². The third kappa shape index (κ3) is 3.06. The van der Waals surface area contributed by atoms with Gasteiger partial charge in [-0.25, -0.2) is 4.98 Å². The Morgan fingerprint density at radius 1 is 1.50 bits per heavy atom. The van der Waals surface area contributed by atoms with Crippen molar-refractivity contribution in [3.8, 4) is 0 Å². The number of rotatable bonds is 4. The van der Waals surface area contributed by atoms with Crippen molar-refractivity contribution in [3.63, 3.8) is 0 Å². The second kappa shape index (κ2) is 5.63. The minimum atomic E-state index is 0.667. The Hall–Kier alpha value is 0.1000. The van der Waals surface area contributed by atoms with E-state index in [1.165, 1.54) is 11.1 Å². The molecule has 0 fully saturated rings. The fourth-order valence-corrected chi connectivity index (χ4v) is 4.79. The van der Waals surface area contributed by atoms with Crippen molar-refractivity contribution >= 4 is 54.7 Å². The van der Waals surface area contributed by atoms with E-state index in [0.717, 1.165) is 14.9 Å². The number of fused-ring (bicyclic) bond motifs is 1. The molecule has 86 valence electrons. The number of hydrogen-bond donors (Lipinski definition) is 0. The SMILES string of the molecule is CCC(C)SSc1nc2cc(Cl)ccc2s1. The molecule has 1 aromatic carbocycles. The van der Waals surface area contributed by atoms with Crippen molar-refractivity contribution in [3.05, 3.63) is 23.2 Å². The van der Waals surface area contributed by atoms with Crippen molar-refractivity contribution in [2.24, 2.45) is 0 Å². The average molecular weight is 290 g/mol. The minimum Gasteiger partial charge on any atom is -0.229 e. The minimum absolute atomic E-state index is 0.667. The van der Waals surface area contributed by atoms with Crippen LogP contribution in [0.25, 0.3) is 10.2 Å². The van der Waals surface area contributed by atoms with Crippen LogP contribution in [0, 0.1) is 0 Å². The van der Waals surface area contributed by atoms with Gasteiger partial charge >= 0.3 is 0 Å². The lowest BCUT2D eigenvalue weighted by Gasteiger charge is -2.03. The molecule has 1 atom stereocenters. The molecule has 0 aliphatic heterocycles. The highest BCUT2D eigenvalue weighted by Gasteiger charge is 2.07. The zero-order valence-electron chi connectivity index (χ0n) is 9.07. The van der Waals surface area contributed by atoms with E-state index in [9.17, 15) is 0 Å². The average Bonchev–Trinajstić information content (AvgIpc) is 2.67. The predicted octanol–water partition coefficient (Wildman–Crippen LogP) is 5.49. The van der Waals surface area contributed by atoms with Gasteiger partial charge in [0.2, 0.25) is 0 Å². The van der Waals surface area contributed by atoms with Gasteiger partial charge in [-0.15, -0.1) is 11.3 Å². The maximum Gasteiger partial charge on any atom is 0.161 e. The zero-order valence-corrected chi connectivity index (χ0v) is 12.3. The molecule has 0 bridgehead atoms. The third-order valence-electron chi connectivity index (χ3n) is 2.19. The number of thiazole rings is 1. The van der Waals surface area contributed by atoms with Crippen molar-refractivity contribution in [2.75, 3.05) is 0 Å². The molecule has 1 heterocycles. The Morgan fingerprint density at radius 2 is 2.31 bits per heavy atom. The van der Waals surface area contributed by atoms with Crippen LogP contribution in [-0.2, 0) is 0 Å². The molecule has 1 unspecified atom stereocenters. The standard InChI is InChI=1S/C11H12ClNS3/c1-3-7(2)15-16-11-13-9-6-8(12)4-5-10(9)14-11/h4-7H,3H2,1-2H3. The smallest absolute Gasteiger partial charge is 0.161 e. The van der Waals surface area contributed by atoms with Crippen LogP contribution in [0.15, 0.2) is 22.5 Å².